The van der Waals surface area contributed by atoms with Crippen LogP contribution in [0.3, 0.4) is 0 Å². The van der Waals surface area contributed by atoms with Gasteiger partial charge in [-0.25, -0.2) is 9.78 Å². The molecule has 0 amide bonds. The molecule has 0 aliphatic heterocycles. The SMILES string of the molecule is O=C(O)c1nc(Nc2cc(Cl)c(Cl)cc2Cl)ccc1Cl. The first-order valence-corrected chi connectivity index (χ1v) is 6.71. The van der Waals surface area contributed by atoms with E-state index in [2.05, 4.69) is 10.3 Å². The third kappa shape index (κ3) is 3.27. The largest absolute Gasteiger partial charge is 0.476 e. The van der Waals surface area contributed by atoms with Gasteiger partial charge in [0.05, 0.1) is 25.8 Å². The van der Waals surface area contributed by atoms with Gasteiger partial charge in [0.2, 0.25) is 0 Å². The Morgan fingerprint density at radius 1 is 1.00 bits per heavy atom. The minimum atomic E-state index is -1.22. The molecular formula is C12H6Cl4N2O2. The van der Waals surface area contributed by atoms with Crippen LogP contribution >= 0.6 is 46.4 Å². The third-order valence-corrected chi connectivity index (χ3v) is 3.66. The Morgan fingerprint density at radius 2 is 1.65 bits per heavy atom. The summed E-state index contributed by atoms with van der Waals surface area (Å²) in [5, 5.41) is 12.8. The summed E-state index contributed by atoms with van der Waals surface area (Å²) < 4.78 is 0. The van der Waals surface area contributed by atoms with Gasteiger partial charge in [-0.15, -0.1) is 0 Å². The van der Waals surface area contributed by atoms with Gasteiger partial charge in [-0.2, -0.15) is 0 Å². The lowest BCUT2D eigenvalue weighted by Crippen LogP contribution is -2.04. The van der Waals surface area contributed by atoms with Crippen molar-refractivity contribution >= 4 is 63.9 Å². The Balaban J connectivity index is 2.38. The number of hydrogen-bond donors (Lipinski definition) is 2. The molecule has 8 heteroatoms. The fraction of sp³-hybridized carbons (Fsp3) is 0. The zero-order valence-electron chi connectivity index (χ0n) is 9.62. The number of aromatic carboxylic acids is 1. The lowest BCUT2D eigenvalue weighted by Gasteiger charge is -2.10. The molecule has 0 aliphatic carbocycles. The third-order valence-electron chi connectivity index (χ3n) is 2.32. The van der Waals surface area contributed by atoms with Crippen LogP contribution in [0.2, 0.25) is 20.1 Å². The summed E-state index contributed by atoms with van der Waals surface area (Å²) in [5.74, 6) is -0.953. The predicted octanol–water partition coefficient (Wildman–Crippen LogP) is 5.14. The molecule has 0 fully saturated rings. The van der Waals surface area contributed by atoms with E-state index in [1.165, 1.54) is 24.3 Å². The Morgan fingerprint density at radius 3 is 2.30 bits per heavy atom. The summed E-state index contributed by atoms with van der Waals surface area (Å²) in [7, 11) is 0. The zero-order valence-corrected chi connectivity index (χ0v) is 12.6. The van der Waals surface area contributed by atoms with Crippen molar-refractivity contribution in [2.75, 3.05) is 5.32 Å². The second-order valence-electron chi connectivity index (χ2n) is 3.70. The van der Waals surface area contributed by atoms with Crippen molar-refractivity contribution in [3.05, 3.63) is 50.0 Å². The Bertz CT molecular complexity index is 691. The summed E-state index contributed by atoms with van der Waals surface area (Å²) in [6.07, 6.45) is 0. The number of hydrogen-bond acceptors (Lipinski definition) is 3. The molecule has 0 unspecified atom stereocenters. The number of carboxylic acid groups (broad SMARTS) is 1. The number of anilines is 2. The van der Waals surface area contributed by atoms with Gasteiger partial charge in [0.15, 0.2) is 5.69 Å². The lowest BCUT2D eigenvalue weighted by molar-refractivity contribution is 0.0691. The van der Waals surface area contributed by atoms with Crippen molar-refractivity contribution in [3.8, 4) is 0 Å². The molecule has 104 valence electrons. The standard InChI is InChI=1S/C12H6Cl4N2O2/c13-5-1-2-10(18-11(5)12(19)20)17-9-4-7(15)6(14)3-8(9)16/h1-4H,(H,17,18)(H,19,20). The molecule has 2 N–H and O–H groups in total. The highest BCUT2D eigenvalue weighted by atomic mass is 35.5. The molecule has 0 radical (unpaired) electrons. The molecule has 1 aromatic heterocycles. The van der Waals surface area contributed by atoms with Crippen molar-refractivity contribution in [3.63, 3.8) is 0 Å². The highest BCUT2D eigenvalue weighted by Crippen LogP contribution is 2.33. The van der Waals surface area contributed by atoms with Gasteiger partial charge in [-0.1, -0.05) is 46.4 Å². The summed E-state index contributed by atoms with van der Waals surface area (Å²) >= 11 is 23.5. The van der Waals surface area contributed by atoms with E-state index in [4.69, 9.17) is 51.5 Å². The fourth-order valence-electron chi connectivity index (χ4n) is 1.42. The molecule has 2 rings (SSSR count). The van der Waals surface area contributed by atoms with Gasteiger partial charge in [0, 0.05) is 0 Å². The van der Waals surface area contributed by atoms with Gasteiger partial charge in [-0.3, -0.25) is 0 Å². The molecule has 0 aliphatic rings. The number of rotatable bonds is 3. The highest BCUT2D eigenvalue weighted by molar-refractivity contribution is 6.44. The van der Waals surface area contributed by atoms with Crippen LogP contribution < -0.4 is 5.32 Å². The van der Waals surface area contributed by atoms with Crippen molar-refractivity contribution in [1.82, 2.24) is 4.98 Å². The number of halogens is 4. The van der Waals surface area contributed by atoms with Crippen molar-refractivity contribution < 1.29 is 9.90 Å². The number of benzene rings is 1. The molecule has 0 bridgehead atoms. The van der Waals surface area contributed by atoms with Crippen LogP contribution in [0.25, 0.3) is 0 Å². The summed E-state index contributed by atoms with van der Waals surface area (Å²) in [6.45, 7) is 0. The van der Waals surface area contributed by atoms with Crippen LogP contribution in [0.15, 0.2) is 24.3 Å². The monoisotopic (exact) mass is 350 g/mol. The molecule has 4 nitrogen and oxygen atoms in total. The maximum Gasteiger partial charge on any atom is 0.356 e. The molecule has 20 heavy (non-hydrogen) atoms. The van der Waals surface area contributed by atoms with Crippen molar-refractivity contribution in [1.29, 1.82) is 0 Å². The van der Waals surface area contributed by atoms with E-state index in [9.17, 15) is 4.79 Å². The van der Waals surface area contributed by atoms with Gasteiger partial charge in [0.1, 0.15) is 5.82 Å². The average molecular weight is 352 g/mol. The van der Waals surface area contributed by atoms with E-state index in [0.717, 1.165) is 0 Å². The van der Waals surface area contributed by atoms with Gasteiger partial charge in [-0.05, 0) is 24.3 Å². The molecule has 0 atom stereocenters. The van der Waals surface area contributed by atoms with Crippen LogP contribution in [0, 0.1) is 0 Å². The first-order valence-electron chi connectivity index (χ1n) is 5.20. The smallest absolute Gasteiger partial charge is 0.356 e. The molecule has 2 aromatic rings. The first kappa shape index (κ1) is 15.2. The Hall–Kier alpha value is -1.20. The predicted molar refractivity (Wildman–Crippen MR) is 81.0 cm³/mol. The maximum absolute atomic E-state index is 11.0. The van der Waals surface area contributed by atoms with E-state index in [1.807, 2.05) is 0 Å². The fourth-order valence-corrected chi connectivity index (χ4v) is 2.20. The number of carbonyl (C=O) groups is 1. The number of carboxylic acids is 1. The van der Waals surface area contributed by atoms with Gasteiger partial charge in [0.25, 0.3) is 0 Å². The first-order chi connectivity index (χ1) is 9.38. The van der Waals surface area contributed by atoms with Crippen LogP contribution in [-0.2, 0) is 0 Å². The van der Waals surface area contributed by atoms with Crippen LogP contribution in [0.4, 0.5) is 11.5 Å². The summed E-state index contributed by atoms with van der Waals surface area (Å²) in [5.41, 5.74) is 0.195. The van der Waals surface area contributed by atoms with Gasteiger partial charge < -0.3 is 10.4 Å². The molecule has 0 spiro atoms. The van der Waals surface area contributed by atoms with E-state index in [1.54, 1.807) is 0 Å². The summed E-state index contributed by atoms with van der Waals surface area (Å²) in [4.78, 5) is 14.8. The van der Waals surface area contributed by atoms with E-state index < -0.39 is 5.97 Å². The second-order valence-corrected chi connectivity index (χ2v) is 5.33. The number of pyridine rings is 1. The normalized spacial score (nSPS) is 10.4. The highest BCUT2D eigenvalue weighted by Gasteiger charge is 2.13. The zero-order chi connectivity index (χ0) is 14.9. The van der Waals surface area contributed by atoms with E-state index >= 15 is 0 Å². The maximum atomic E-state index is 11.0. The Kier molecular flexibility index (Phi) is 4.60. The number of nitrogens with zero attached hydrogens (tertiary/aromatic N) is 1. The van der Waals surface area contributed by atoms with E-state index in [0.29, 0.717) is 20.8 Å². The molecule has 1 aromatic carbocycles. The van der Waals surface area contributed by atoms with Crippen molar-refractivity contribution in [2.24, 2.45) is 0 Å². The summed E-state index contributed by atoms with van der Waals surface area (Å²) in [6, 6.07) is 5.93. The molecule has 0 saturated carbocycles. The van der Waals surface area contributed by atoms with Crippen LogP contribution in [0.5, 0.6) is 0 Å². The minimum Gasteiger partial charge on any atom is -0.476 e. The molecule has 0 saturated heterocycles. The van der Waals surface area contributed by atoms with Crippen LogP contribution in [-0.4, -0.2) is 16.1 Å². The Labute approximate surface area is 134 Å². The minimum absolute atomic E-state index is 0.0447. The number of nitrogens with one attached hydrogen (secondary N) is 1. The topological polar surface area (TPSA) is 62.2 Å². The molecular weight excluding hydrogens is 346 g/mol. The van der Waals surface area contributed by atoms with Gasteiger partial charge >= 0.3 is 5.97 Å². The quantitative estimate of drug-likeness (QED) is 0.752. The average Bonchev–Trinajstić information content (AvgIpc) is 2.37. The van der Waals surface area contributed by atoms with Crippen LogP contribution in [0.1, 0.15) is 10.5 Å². The second kappa shape index (κ2) is 6.06. The lowest BCUT2D eigenvalue weighted by atomic mass is 10.3. The van der Waals surface area contributed by atoms with Crippen molar-refractivity contribution in [2.45, 2.75) is 0 Å². The number of aromatic nitrogens is 1. The van der Waals surface area contributed by atoms with E-state index in [-0.39, 0.29) is 16.5 Å². The molecule has 1 heterocycles.